The molecule has 0 amide bonds. The van der Waals surface area contributed by atoms with Crippen LogP contribution in [-0.4, -0.2) is 6.36 Å². The minimum absolute atomic E-state index is 0.214. The topological polar surface area (TPSA) is 22.4 Å². The highest BCUT2D eigenvalue weighted by Crippen LogP contribution is 2.37. The molecule has 0 saturated carbocycles. The fourth-order valence-corrected chi connectivity index (χ4v) is 2.48. The molecule has 1 heterocycles. The normalized spacial score (nSPS) is 11.6. The van der Waals surface area contributed by atoms with Crippen LogP contribution in [0.3, 0.4) is 0 Å². The average molecular weight is 433 g/mol. The maximum Gasteiger partial charge on any atom is 0.573 e. The Morgan fingerprint density at radius 3 is 2.56 bits per heavy atom. The molecule has 0 fully saturated rings. The van der Waals surface area contributed by atoms with E-state index < -0.39 is 6.36 Å². The van der Waals surface area contributed by atoms with Crippen molar-refractivity contribution in [2.45, 2.75) is 6.36 Å². The molecule has 0 aliphatic carbocycles. The fraction of sp³-hybridized carbons (Fsp3) is 0.0909. The Morgan fingerprint density at radius 1 is 1.28 bits per heavy atom. The minimum atomic E-state index is -4.71. The van der Waals surface area contributed by atoms with Crippen molar-refractivity contribution in [1.29, 1.82) is 0 Å². The van der Waals surface area contributed by atoms with Crippen molar-refractivity contribution < 1.29 is 22.3 Å². The van der Waals surface area contributed by atoms with Crippen LogP contribution in [0.5, 0.6) is 5.75 Å². The average Bonchev–Trinajstić information content (AvgIpc) is 2.74. The molecular weight excluding hydrogens is 428 g/mol. The SMILES string of the molecule is FC(F)(F)Oc1cc(I)c(-c2ccco2)cc1Br. The summed E-state index contributed by atoms with van der Waals surface area (Å²) in [6.45, 7) is 0. The molecule has 0 atom stereocenters. The highest BCUT2D eigenvalue weighted by molar-refractivity contribution is 14.1. The zero-order valence-corrected chi connectivity index (χ0v) is 12.3. The molecule has 96 valence electrons. The second-order valence-electron chi connectivity index (χ2n) is 3.29. The van der Waals surface area contributed by atoms with Crippen molar-refractivity contribution >= 4 is 38.5 Å². The summed E-state index contributed by atoms with van der Waals surface area (Å²) in [7, 11) is 0. The Labute approximate surface area is 122 Å². The number of benzene rings is 1. The molecule has 0 radical (unpaired) electrons. The molecule has 2 nitrogen and oxygen atoms in total. The smallest absolute Gasteiger partial charge is 0.464 e. The van der Waals surface area contributed by atoms with Gasteiger partial charge in [-0.25, -0.2) is 0 Å². The molecule has 2 rings (SSSR count). The van der Waals surface area contributed by atoms with E-state index in [1.54, 1.807) is 12.1 Å². The highest BCUT2D eigenvalue weighted by Gasteiger charge is 2.32. The summed E-state index contributed by atoms with van der Waals surface area (Å²) >= 11 is 4.98. The third-order valence-electron chi connectivity index (χ3n) is 2.03. The number of ether oxygens (including phenoxy) is 1. The van der Waals surface area contributed by atoms with Crippen LogP contribution in [0, 0.1) is 3.57 Å². The van der Waals surface area contributed by atoms with Crippen molar-refractivity contribution in [1.82, 2.24) is 0 Å². The quantitative estimate of drug-likeness (QED) is 0.607. The van der Waals surface area contributed by atoms with Crippen LogP contribution in [-0.2, 0) is 0 Å². The van der Waals surface area contributed by atoms with E-state index in [9.17, 15) is 13.2 Å². The van der Waals surface area contributed by atoms with Gasteiger partial charge in [-0.2, -0.15) is 0 Å². The standard InChI is InChI=1S/C11H5BrF3IO2/c12-7-4-6(9-2-1-3-17-9)8(16)5-10(7)18-11(13,14)15/h1-5H. The van der Waals surface area contributed by atoms with Gasteiger partial charge in [-0.3, -0.25) is 0 Å². The van der Waals surface area contributed by atoms with Crippen molar-refractivity contribution in [3.05, 3.63) is 38.6 Å². The second kappa shape index (κ2) is 5.12. The molecule has 1 aromatic heterocycles. The first kappa shape index (κ1) is 13.7. The van der Waals surface area contributed by atoms with Gasteiger partial charge >= 0.3 is 6.36 Å². The van der Waals surface area contributed by atoms with Gasteiger partial charge in [-0.15, -0.1) is 13.2 Å². The first-order chi connectivity index (χ1) is 8.37. The number of rotatable bonds is 2. The van der Waals surface area contributed by atoms with Crippen molar-refractivity contribution in [3.63, 3.8) is 0 Å². The summed E-state index contributed by atoms with van der Waals surface area (Å²) in [6.07, 6.45) is -3.21. The Bertz CT molecular complexity index is 552. The van der Waals surface area contributed by atoms with E-state index in [-0.39, 0.29) is 10.2 Å². The molecule has 0 aliphatic rings. The van der Waals surface area contributed by atoms with Gasteiger partial charge in [0.25, 0.3) is 0 Å². The first-order valence-electron chi connectivity index (χ1n) is 4.65. The van der Waals surface area contributed by atoms with Gasteiger partial charge in [0.2, 0.25) is 0 Å². The number of hydrogen-bond donors (Lipinski definition) is 0. The van der Waals surface area contributed by atoms with Crippen molar-refractivity contribution in [3.8, 4) is 17.1 Å². The molecule has 1 aromatic carbocycles. The van der Waals surface area contributed by atoms with Gasteiger partial charge in [0.1, 0.15) is 11.5 Å². The minimum Gasteiger partial charge on any atom is -0.464 e. The maximum absolute atomic E-state index is 12.2. The van der Waals surface area contributed by atoms with Crippen LogP contribution in [0.1, 0.15) is 0 Å². The fourth-order valence-electron chi connectivity index (χ4n) is 1.35. The molecule has 0 unspecified atom stereocenters. The van der Waals surface area contributed by atoms with E-state index in [4.69, 9.17) is 4.42 Å². The third-order valence-corrected chi connectivity index (χ3v) is 3.55. The van der Waals surface area contributed by atoms with E-state index in [2.05, 4.69) is 20.7 Å². The van der Waals surface area contributed by atoms with Crippen molar-refractivity contribution in [2.24, 2.45) is 0 Å². The van der Waals surface area contributed by atoms with Gasteiger partial charge in [0, 0.05) is 9.13 Å². The van der Waals surface area contributed by atoms with Gasteiger partial charge in [-0.1, -0.05) is 0 Å². The van der Waals surface area contributed by atoms with Gasteiger partial charge in [0.05, 0.1) is 10.7 Å². The zero-order valence-electron chi connectivity index (χ0n) is 8.59. The molecule has 7 heteroatoms. The van der Waals surface area contributed by atoms with Crippen LogP contribution >= 0.6 is 38.5 Å². The number of hydrogen-bond acceptors (Lipinski definition) is 2. The summed E-state index contributed by atoms with van der Waals surface area (Å²) in [5, 5.41) is 0. The lowest BCUT2D eigenvalue weighted by Crippen LogP contribution is -2.17. The Morgan fingerprint density at radius 2 is 2.00 bits per heavy atom. The summed E-state index contributed by atoms with van der Waals surface area (Å²) in [4.78, 5) is 0. The molecule has 0 spiro atoms. The van der Waals surface area contributed by atoms with E-state index >= 15 is 0 Å². The predicted octanol–water partition coefficient (Wildman–Crippen LogP) is 5.21. The van der Waals surface area contributed by atoms with E-state index in [1.807, 2.05) is 22.6 Å². The lowest BCUT2D eigenvalue weighted by atomic mass is 10.2. The predicted molar refractivity (Wildman–Crippen MR) is 71.2 cm³/mol. The summed E-state index contributed by atoms with van der Waals surface area (Å²) in [5.41, 5.74) is 0.696. The molecule has 0 aliphatic heterocycles. The van der Waals surface area contributed by atoms with Crippen molar-refractivity contribution in [2.75, 3.05) is 0 Å². The number of alkyl halides is 3. The molecule has 0 N–H and O–H groups in total. The second-order valence-corrected chi connectivity index (χ2v) is 5.30. The molecule has 2 aromatic rings. The van der Waals surface area contributed by atoms with Crippen LogP contribution in [0.25, 0.3) is 11.3 Å². The van der Waals surface area contributed by atoms with Gasteiger partial charge in [-0.05, 0) is 62.8 Å². The van der Waals surface area contributed by atoms with Crippen LogP contribution in [0.2, 0.25) is 0 Å². The van der Waals surface area contributed by atoms with Gasteiger partial charge in [0.15, 0.2) is 0 Å². The van der Waals surface area contributed by atoms with Crippen LogP contribution in [0.15, 0.2) is 39.4 Å². The Balaban J connectivity index is 2.41. The Kier molecular flexibility index (Phi) is 3.90. The molecular formula is C11H5BrF3IO2. The Hall–Kier alpha value is -0.700. The molecule has 18 heavy (non-hydrogen) atoms. The summed E-state index contributed by atoms with van der Waals surface area (Å²) in [6, 6.07) is 6.27. The zero-order chi connectivity index (χ0) is 13.3. The lowest BCUT2D eigenvalue weighted by Gasteiger charge is -2.12. The number of halogens is 5. The largest absolute Gasteiger partial charge is 0.573 e. The number of furan rings is 1. The third kappa shape index (κ3) is 3.19. The maximum atomic E-state index is 12.2. The molecule has 0 bridgehead atoms. The first-order valence-corrected chi connectivity index (χ1v) is 6.52. The van der Waals surface area contributed by atoms with E-state index in [0.29, 0.717) is 14.9 Å². The highest BCUT2D eigenvalue weighted by atomic mass is 127. The van der Waals surface area contributed by atoms with Crippen LogP contribution in [0.4, 0.5) is 13.2 Å². The van der Waals surface area contributed by atoms with Crippen LogP contribution < -0.4 is 4.74 Å². The summed E-state index contributed by atoms with van der Waals surface area (Å²) < 4.78 is 46.4. The summed E-state index contributed by atoms with van der Waals surface area (Å²) in [5.74, 6) is 0.306. The lowest BCUT2D eigenvalue weighted by molar-refractivity contribution is -0.274. The van der Waals surface area contributed by atoms with Gasteiger partial charge < -0.3 is 9.15 Å². The van der Waals surface area contributed by atoms with E-state index in [0.717, 1.165) is 0 Å². The van der Waals surface area contributed by atoms with E-state index in [1.165, 1.54) is 18.4 Å². The monoisotopic (exact) mass is 432 g/mol. The molecule has 0 saturated heterocycles.